The molecule has 0 saturated heterocycles. The first kappa shape index (κ1) is 10.4. The van der Waals surface area contributed by atoms with E-state index in [1.165, 1.54) is 32.1 Å². The van der Waals surface area contributed by atoms with Crippen molar-refractivity contribution < 1.29 is 4.39 Å². The summed E-state index contributed by atoms with van der Waals surface area (Å²) in [5.74, 6) is 2.05. The molecule has 0 bridgehead atoms. The van der Waals surface area contributed by atoms with Crippen molar-refractivity contribution in [2.24, 2.45) is 23.7 Å². The monoisotopic (exact) mass is 198 g/mol. The lowest BCUT2D eigenvalue weighted by Crippen LogP contribution is -2.38. The molecule has 2 fully saturated rings. The van der Waals surface area contributed by atoms with E-state index in [-0.39, 0.29) is 0 Å². The zero-order valence-electron chi connectivity index (χ0n) is 9.51. The molecule has 0 aliphatic heterocycles. The average molecular weight is 198 g/mol. The highest BCUT2D eigenvalue weighted by Crippen LogP contribution is 2.45. The van der Waals surface area contributed by atoms with Crippen LogP contribution >= 0.6 is 0 Å². The number of alkyl halides is 1. The van der Waals surface area contributed by atoms with Crippen LogP contribution < -0.4 is 0 Å². The second kappa shape index (κ2) is 4.20. The highest BCUT2D eigenvalue weighted by atomic mass is 19.1. The van der Waals surface area contributed by atoms with E-state index in [1.807, 2.05) is 0 Å². The predicted octanol–water partition coefficient (Wildman–Crippen LogP) is 4.20. The third kappa shape index (κ3) is 1.83. The predicted molar refractivity (Wildman–Crippen MR) is 57.9 cm³/mol. The van der Waals surface area contributed by atoms with Gasteiger partial charge in [-0.3, -0.25) is 0 Å². The van der Waals surface area contributed by atoms with Crippen molar-refractivity contribution in [3.8, 4) is 0 Å². The molecule has 0 amide bonds. The molecule has 2 rings (SSSR count). The van der Waals surface area contributed by atoms with Crippen LogP contribution in [-0.4, -0.2) is 6.17 Å². The molecular formula is C13H23F. The summed E-state index contributed by atoms with van der Waals surface area (Å²) in [5.41, 5.74) is 0. The van der Waals surface area contributed by atoms with E-state index in [9.17, 15) is 4.39 Å². The number of hydrogen-bond acceptors (Lipinski definition) is 0. The van der Waals surface area contributed by atoms with E-state index < -0.39 is 6.17 Å². The van der Waals surface area contributed by atoms with E-state index in [4.69, 9.17) is 0 Å². The summed E-state index contributed by atoms with van der Waals surface area (Å²) in [4.78, 5) is 0. The zero-order valence-corrected chi connectivity index (χ0v) is 9.51. The average Bonchev–Trinajstić information content (AvgIpc) is 2.65. The Bertz CT molecular complexity index is 182. The molecule has 0 N–H and O–H groups in total. The summed E-state index contributed by atoms with van der Waals surface area (Å²) in [6.45, 7) is 4.36. The summed E-state index contributed by atoms with van der Waals surface area (Å²) < 4.78 is 14.1. The molecule has 0 aromatic rings. The fourth-order valence-corrected chi connectivity index (χ4v) is 3.64. The maximum atomic E-state index is 14.1. The van der Waals surface area contributed by atoms with Crippen molar-refractivity contribution in [3.63, 3.8) is 0 Å². The smallest absolute Gasteiger partial charge is 0.106 e. The third-order valence-corrected chi connectivity index (χ3v) is 4.59. The van der Waals surface area contributed by atoms with Crippen molar-refractivity contribution in [1.29, 1.82) is 0 Å². The molecule has 4 unspecified atom stereocenters. The Kier molecular flexibility index (Phi) is 3.14. The fraction of sp³-hybridized carbons (Fsp3) is 1.00. The van der Waals surface area contributed by atoms with Gasteiger partial charge >= 0.3 is 0 Å². The topological polar surface area (TPSA) is 0 Å². The quantitative estimate of drug-likeness (QED) is 0.592. The summed E-state index contributed by atoms with van der Waals surface area (Å²) in [6.07, 6.45) is 7.12. The van der Waals surface area contributed by atoms with Gasteiger partial charge in [-0.25, -0.2) is 4.39 Å². The van der Waals surface area contributed by atoms with Gasteiger partial charge in [-0.05, 0) is 36.5 Å². The van der Waals surface area contributed by atoms with Gasteiger partial charge < -0.3 is 0 Å². The Morgan fingerprint density at radius 2 is 1.43 bits per heavy atom. The van der Waals surface area contributed by atoms with Gasteiger partial charge in [0.2, 0.25) is 0 Å². The van der Waals surface area contributed by atoms with Gasteiger partial charge in [-0.2, -0.15) is 0 Å². The van der Waals surface area contributed by atoms with Crippen LogP contribution in [0.4, 0.5) is 4.39 Å². The van der Waals surface area contributed by atoms with Gasteiger partial charge in [-0.15, -0.1) is 0 Å². The Hall–Kier alpha value is -0.0700. The van der Waals surface area contributed by atoms with Crippen molar-refractivity contribution in [1.82, 2.24) is 0 Å². The molecule has 2 saturated carbocycles. The summed E-state index contributed by atoms with van der Waals surface area (Å²) in [7, 11) is 0. The molecule has 1 heteroatoms. The standard InChI is InChI=1S/C13H23F/c1-9-7-8-10(2)13(14)12(9)11-5-3-4-6-11/h9-13H,3-8H2,1-2H3. The number of rotatable bonds is 1. The molecule has 2 aliphatic rings. The molecule has 0 spiro atoms. The van der Waals surface area contributed by atoms with E-state index >= 15 is 0 Å². The molecule has 4 atom stereocenters. The van der Waals surface area contributed by atoms with Crippen LogP contribution in [0.2, 0.25) is 0 Å². The lowest BCUT2D eigenvalue weighted by atomic mass is 9.68. The fourth-order valence-electron chi connectivity index (χ4n) is 3.64. The molecule has 0 aromatic carbocycles. The highest BCUT2D eigenvalue weighted by molar-refractivity contribution is 4.89. The van der Waals surface area contributed by atoms with Gasteiger partial charge in [0, 0.05) is 0 Å². The molecule has 14 heavy (non-hydrogen) atoms. The van der Waals surface area contributed by atoms with Crippen LogP contribution in [0.3, 0.4) is 0 Å². The van der Waals surface area contributed by atoms with E-state index in [0.29, 0.717) is 23.7 Å². The Morgan fingerprint density at radius 1 is 0.857 bits per heavy atom. The van der Waals surface area contributed by atoms with Crippen LogP contribution in [0.15, 0.2) is 0 Å². The highest BCUT2D eigenvalue weighted by Gasteiger charge is 2.40. The maximum Gasteiger partial charge on any atom is 0.106 e. The first-order valence-electron chi connectivity index (χ1n) is 6.34. The van der Waals surface area contributed by atoms with Crippen LogP contribution in [0.1, 0.15) is 52.4 Å². The molecule has 0 aromatic heterocycles. The molecule has 82 valence electrons. The van der Waals surface area contributed by atoms with Gasteiger partial charge in [0.15, 0.2) is 0 Å². The first-order chi connectivity index (χ1) is 6.70. The molecule has 2 aliphatic carbocycles. The number of hydrogen-bond donors (Lipinski definition) is 0. The first-order valence-corrected chi connectivity index (χ1v) is 6.34. The Labute approximate surface area is 87.3 Å². The van der Waals surface area contributed by atoms with Crippen molar-refractivity contribution in [2.45, 2.75) is 58.5 Å². The van der Waals surface area contributed by atoms with Gasteiger partial charge in [0.1, 0.15) is 6.17 Å². The van der Waals surface area contributed by atoms with Crippen LogP contribution in [0.25, 0.3) is 0 Å². The maximum absolute atomic E-state index is 14.1. The van der Waals surface area contributed by atoms with Crippen molar-refractivity contribution in [2.75, 3.05) is 0 Å². The van der Waals surface area contributed by atoms with Crippen molar-refractivity contribution >= 4 is 0 Å². The minimum absolute atomic E-state index is 0.316. The number of halogens is 1. The Balaban J connectivity index is 2.04. The molecule has 0 radical (unpaired) electrons. The van der Waals surface area contributed by atoms with E-state index in [1.54, 1.807) is 0 Å². The second-order valence-corrected chi connectivity index (χ2v) is 5.60. The van der Waals surface area contributed by atoms with Crippen LogP contribution in [0, 0.1) is 23.7 Å². The van der Waals surface area contributed by atoms with Gasteiger partial charge in [0.25, 0.3) is 0 Å². The molecule has 0 nitrogen and oxygen atoms in total. The lowest BCUT2D eigenvalue weighted by Gasteiger charge is -2.39. The summed E-state index contributed by atoms with van der Waals surface area (Å²) in [5, 5.41) is 0. The minimum atomic E-state index is -0.512. The Morgan fingerprint density at radius 3 is 2.07 bits per heavy atom. The zero-order chi connectivity index (χ0) is 10.1. The molecular weight excluding hydrogens is 175 g/mol. The summed E-state index contributed by atoms with van der Waals surface area (Å²) in [6, 6.07) is 0. The largest absolute Gasteiger partial charge is 0.247 e. The van der Waals surface area contributed by atoms with Crippen LogP contribution in [-0.2, 0) is 0 Å². The summed E-state index contributed by atoms with van der Waals surface area (Å²) >= 11 is 0. The molecule has 0 heterocycles. The van der Waals surface area contributed by atoms with E-state index in [2.05, 4.69) is 13.8 Å². The normalized spacial score (nSPS) is 45.6. The SMILES string of the molecule is CC1CCC(C)C(C2CCCC2)C1F. The third-order valence-electron chi connectivity index (χ3n) is 4.59. The lowest BCUT2D eigenvalue weighted by molar-refractivity contribution is 0.0292. The van der Waals surface area contributed by atoms with Crippen LogP contribution in [0.5, 0.6) is 0 Å². The minimum Gasteiger partial charge on any atom is -0.247 e. The van der Waals surface area contributed by atoms with E-state index in [0.717, 1.165) is 6.42 Å². The second-order valence-electron chi connectivity index (χ2n) is 5.60. The van der Waals surface area contributed by atoms with Crippen molar-refractivity contribution in [3.05, 3.63) is 0 Å². The van der Waals surface area contributed by atoms with Gasteiger partial charge in [-0.1, -0.05) is 39.5 Å². The van der Waals surface area contributed by atoms with Gasteiger partial charge in [0.05, 0.1) is 0 Å².